The highest BCUT2D eigenvalue weighted by Gasteiger charge is 2.49. The first kappa shape index (κ1) is 17.0. The van der Waals surface area contributed by atoms with Crippen molar-refractivity contribution < 1.29 is 9.53 Å². The van der Waals surface area contributed by atoms with E-state index in [4.69, 9.17) is 4.74 Å². The van der Waals surface area contributed by atoms with E-state index in [0.717, 1.165) is 19.5 Å². The standard InChI is InChI=1S/C16H28N2O2.ClH/c19-15(18-9-10-20-14-6-1-2-7-14)16-8-4-3-5-13(16)11-17-12-16;/h13-14,17H,1-12H2,(H,18,19);1H/t13-,16+;/m0./s1. The predicted octanol–water partition coefficient (Wildman–Crippen LogP) is 2.26. The summed E-state index contributed by atoms with van der Waals surface area (Å²) >= 11 is 0. The largest absolute Gasteiger partial charge is 0.376 e. The van der Waals surface area contributed by atoms with Gasteiger partial charge in [-0.2, -0.15) is 0 Å². The lowest BCUT2D eigenvalue weighted by Gasteiger charge is -2.37. The van der Waals surface area contributed by atoms with Crippen molar-refractivity contribution in [1.82, 2.24) is 10.6 Å². The molecule has 2 N–H and O–H groups in total. The van der Waals surface area contributed by atoms with Crippen LogP contribution >= 0.6 is 12.4 Å². The van der Waals surface area contributed by atoms with Gasteiger partial charge in [-0.3, -0.25) is 4.79 Å². The van der Waals surface area contributed by atoms with Gasteiger partial charge in [0.15, 0.2) is 0 Å². The molecule has 1 heterocycles. The zero-order valence-electron chi connectivity index (χ0n) is 12.9. The summed E-state index contributed by atoms with van der Waals surface area (Å²) in [5.74, 6) is 0.814. The van der Waals surface area contributed by atoms with Gasteiger partial charge in [-0.15, -0.1) is 12.4 Å². The molecule has 2 saturated carbocycles. The lowest BCUT2D eigenvalue weighted by atomic mass is 9.67. The number of amides is 1. The molecule has 0 unspecified atom stereocenters. The Morgan fingerprint density at radius 3 is 2.76 bits per heavy atom. The van der Waals surface area contributed by atoms with Gasteiger partial charge in [-0.25, -0.2) is 0 Å². The fraction of sp³-hybridized carbons (Fsp3) is 0.938. The maximum absolute atomic E-state index is 12.6. The van der Waals surface area contributed by atoms with Gasteiger partial charge >= 0.3 is 0 Å². The van der Waals surface area contributed by atoms with E-state index >= 15 is 0 Å². The molecule has 0 spiro atoms. The highest BCUT2D eigenvalue weighted by molar-refractivity contribution is 5.85. The number of nitrogens with one attached hydrogen (secondary N) is 2. The first-order valence-electron chi connectivity index (χ1n) is 8.42. The second-order valence-electron chi connectivity index (χ2n) is 6.76. The molecule has 2 atom stereocenters. The first-order valence-corrected chi connectivity index (χ1v) is 8.42. The van der Waals surface area contributed by atoms with E-state index in [1.807, 2.05) is 0 Å². The highest BCUT2D eigenvalue weighted by atomic mass is 35.5. The molecule has 3 rings (SSSR count). The zero-order valence-corrected chi connectivity index (χ0v) is 13.7. The van der Waals surface area contributed by atoms with E-state index in [9.17, 15) is 4.79 Å². The molecule has 0 aromatic heterocycles. The molecular weight excluding hydrogens is 288 g/mol. The summed E-state index contributed by atoms with van der Waals surface area (Å²) in [4.78, 5) is 12.6. The second kappa shape index (κ2) is 7.80. The molecule has 2 aliphatic carbocycles. The summed E-state index contributed by atoms with van der Waals surface area (Å²) in [6.07, 6.45) is 10.2. The lowest BCUT2D eigenvalue weighted by molar-refractivity contribution is -0.134. The number of carbonyl (C=O) groups excluding carboxylic acids is 1. The van der Waals surface area contributed by atoms with Gasteiger partial charge in [0.1, 0.15) is 0 Å². The number of rotatable bonds is 5. The molecule has 0 bridgehead atoms. The molecule has 1 amide bonds. The molecule has 5 heteroatoms. The van der Waals surface area contributed by atoms with Gasteiger partial charge in [0, 0.05) is 13.1 Å². The molecule has 1 saturated heterocycles. The van der Waals surface area contributed by atoms with E-state index in [-0.39, 0.29) is 23.7 Å². The van der Waals surface area contributed by atoms with Crippen LogP contribution in [0.3, 0.4) is 0 Å². The van der Waals surface area contributed by atoms with E-state index in [2.05, 4.69) is 10.6 Å². The number of halogens is 1. The van der Waals surface area contributed by atoms with Gasteiger partial charge in [0.2, 0.25) is 5.91 Å². The van der Waals surface area contributed by atoms with Gasteiger partial charge in [0.25, 0.3) is 0 Å². The Hall–Kier alpha value is -0.320. The third-order valence-electron chi connectivity index (χ3n) is 5.53. The van der Waals surface area contributed by atoms with Gasteiger partial charge in [-0.1, -0.05) is 25.7 Å². The van der Waals surface area contributed by atoms with Crippen molar-refractivity contribution in [3.05, 3.63) is 0 Å². The molecule has 4 nitrogen and oxygen atoms in total. The Labute approximate surface area is 134 Å². The molecular formula is C16H29ClN2O2. The molecule has 122 valence electrons. The molecule has 21 heavy (non-hydrogen) atoms. The van der Waals surface area contributed by atoms with Crippen LogP contribution in [0.15, 0.2) is 0 Å². The minimum Gasteiger partial charge on any atom is -0.376 e. The number of ether oxygens (including phenoxy) is 1. The van der Waals surface area contributed by atoms with E-state index < -0.39 is 0 Å². The quantitative estimate of drug-likeness (QED) is 0.765. The number of fused-ring (bicyclic) bond motifs is 1. The minimum atomic E-state index is -0.119. The number of hydrogen-bond donors (Lipinski definition) is 2. The maximum atomic E-state index is 12.6. The van der Waals surface area contributed by atoms with Crippen LogP contribution < -0.4 is 10.6 Å². The Morgan fingerprint density at radius 1 is 1.19 bits per heavy atom. The van der Waals surface area contributed by atoms with Crippen molar-refractivity contribution in [2.24, 2.45) is 11.3 Å². The smallest absolute Gasteiger partial charge is 0.227 e. The monoisotopic (exact) mass is 316 g/mol. The Morgan fingerprint density at radius 2 is 1.95 bits per heavy atom. The number of hydrogen-bond acceptors (Lipinski definition) is 3. The summed E-state index contributed by atoms with van der Waals surface area (Å²) in [5.41, 5.74) is -0.119. The number of carbonyl (C=O) groups is 1. The van der Waals surface area contributed by atoms with Crippen LogP contribution in [0.25, 0.3) is 0 Å². The average Bonchev–Trinajstić information content (AvgIpc) is 3.12. The first-order chi connectivity index (χ1) is 9.81. The van der Waals surface area contributed by atoms with Crippen molar-refractivity contribution in [3.63, 3.8) is 0 Å². The maximum Gasteiger partial charge on any atom is 0.227 e. The Kier molecular flexibility index (Phi) is 6.33. The van der Waals surface area contributed by atoms with Crippen LogP contribution in [0.1, 0.15) is 51.4 Å². The van der Waals surface area contributed by atoms with E-state index in [1.54, 1.807) is 0 Å². The van der Waals surface area contributed by atoms with Gasteiger partial charge in [-0.05, 0) is 38.1 Å². The summed E-state index contributed by atoms with van der Waals surface area (Å²) < 4.78 is 5.82. The molecule has 0 aromatic carbocycles. The molecule has 3 fully saturated rings. The second-order valence-corrected chi connectivity index (χ2v) is 6.76. The summed E-state index contributed by atoms with van der Waals surface area (Å²) in [7, 11) is 0. The van der Waals surface area contributed by atoms with Crippen molar-refractivity contribution in [3.8, 4) is 0 Å². The fourth-order valence-corrected chi connectivity index (χ4v) is 4.31. The normalized spacial score (nSPS) is 32.5. The van der Waals surface area contributed by atoms with Crippen LogP contribution in [0.2, 0.25) is 0 Å². The molecule has 0 radical (unpaired) electrons. The minimum absolute atomic E-state index is 0. The molecule has 0 aromatic rings. The topological polar surface area (TPSA) is 50.4 Å². The van der Waals surface area contributed by atoms with Crippen molar-refractivity contribution in [1.29, 1.82) is 0 Å². The fourth-order valence-electron chi connectivity index (χ4n) is 4.31. The van der Waals surface area contributed by atoms with Crippen LogP contribution in [-0.2, 0) is 9.53 Å². The van der Waals surface area contributed by atoms with Crippen molar-refractivity contribution >= 4 is 18.3 Å². The van der Waals surface area contributed by atoms with Gasteiger partial charge in [0.05, 0.1) is 18.1 Å². The van der Waals surface area contributed by atoms with Crippen LogP contribution in [0, 0.1) is 11.3 Å². The predicted molar refractivity (Wildman–Crippen MR) is 85.7 cm³/mol. The molecule has 1 aliphatic heterocycles. The summed E-state index contributed by atoms with van der Waals surface area (Å²) in [6, 6.07) is 0. The lowest BCUT2D eigenvalue weighted by Crippen LogP contribution is -2.48. The summed E-state index contributed by atoms with van der Waals surface area (Å²) in [6.45, 7) is 3.23. The zero-order chi connectivity index (χ0) is 13.8. The Balaban J connectivity index is 0.00000161. The van der Waals surface area contributed by atoms with Crippen LogP contribution in [-0.4, -0.2) is 38.3 Å². The van der Waals surface area contributed by atoms with Crippen LogP contribution in [0.4, 0.5) is 0 Å². The van der Waals surface area contributed by atoms with E-state index in [1.165, 1.54) is 44.9 Å². The van der Waals surface area contributed by atoms with E-state index in [0.29, 0.717) is 25.2 Å². The van der Waals surface area contributed by atoms with Crippen molar-refractivity contribution in [2.75, 3.05) is 26.2 Å². The third-order valence-corrected chi connectivity index (χ3v) is 5.53. The van der Waals surface area contributed by atoms with Crippen molar-refractivity contribution in [2.45, 2.75) is 57.5 Å². The van der Waals surface area contributed by atoms with Gasteiger partial charge < -0.3 is 15.4 Å². The summed E-state index contributed by atoms with van der Waals surface area (Å²) in [5, 5.41) is 6.56. The highest BCUT2D eigenvalue weighted by Crippen LogP contribution is 2.43. The third kappa shape index (κ3) is 3.72. The SMILES string of the molecule is Cl.O=C(NCCOC1CCCC1)[C@@]12CCCC[C@H]1CNC2. The molecule has 3 aliphatic rings. The van der Waals surface area contributed by atoms with Crippen LogP contribution in [0.5, 0.6) is 0 Å². The Bertz CT molecular complexity index is 347. The average molecular weight is 317 g/mol.